The molecule has 0 radical (unpaired) electrons. The van der Waals surface area contributed by atoms with Crippen LogP contribution in [0.2, 0.25) is 5.02 Å². The number of likely N-dealkylation sites (N-methyl/N-ethyl adjacent to an activating group) is 1. The van der Waals surface area contributed by atoms with Crippen LogP contribution in [0.15, 0.2) is 46.6 Å². The molecule has 12 heteroatoms. The average molecular weight is 615 g/mol. The summed E-state index contributed by atoms with van der Waals surface area (Å²) in [7, 11) is 2.11. The number of thioether (sulfide) groups is 1. The summed E-state index contributed by atoms with van der Waals surface area (Å²) in [5, 5.41) is 1.00. The summed E-state index contributed by atoms with van der Waals surface area (Å²) in [5.74, 6) is -0.437. The van der Waals surface area contributed by atoms with Crippen LogP contribution in [0.5, 0.6) is 0 Å². The van der Waals surface area contributed by atoms with Crippen LogP contribution in [0.1, 0.15) is 13.0 Å². The quantitative estimate of drug-likeness (QED) is 0.401. The second kappa shape index (κ2) is 11.6. The second-order valence-corrected chi connectivity index (χ2v) is 12.7. The van der Waals surface area contributed by atoms with Crippen molar-refractivity contribution in [2.24, 2.45) is 0 Å². The predicted molar refractivity (Wildman–Crippen MR) is 164 cm³/mol. The number of amides is 1. The number of hydrogen-bond acceptors (Lipinski definition) is 7. The molecule has 2 atom stereocenters. The molecule has 1 amide bonds. The maximum atomic E-state index is 15.2. The molecule has 2 saturated heterocycles. The molecule has 42 heavy (non-hydrogen) atoms. The monoisotopic (exact) mass is 614 g/mol. The Morgan fingerprint density at radius 2 is 1.93 bits per heavy atom. The molecular weight excluding hydrogens is 582 g/mol. The summed E-state index contributed by atoms with van der Waals surface area (Å²) in [5.41, 5.74) is 0.929. The Kier molecular flexibility index (Phi) is 8.03. The fourth-order valence-electron chi connectivity index (χ4n) is 6.29. The highest BCUT2D eigenvalue weighted by Gasteiger charge is 2.34. The van der Waals surface area contributed by atoms with Gasteiger partial charge in [0.2, 0.25) is 5.91 Å². The minimum absolute atomic E-state index is 0.123. The molecule has 0 aliphatic carbocycles. The molecule has 2 aromatic carbocycles. The summed E-state index contributed by atoms with van der Waals surface area (Å²) in [4.78, 5) is 40.0. The fraction of sp³-hybridized carbons (Fsp3) is 0.433. The number of carbonyl (C=O) groups excluding carboxylic acids is 1. The average Bonchev–Trinajstić information content (AvgIpc) is 2.96. The fourth-order valence-corrected chi connectivity index (χ4v) is 7.97. The van der Waals surface area contributed by atoms with Crippen LogP contribution in [0, 0.1) is 11.6 Å². The van der Waals surface area contributed by atoms with Crippen LogP contribution >= 0.6 is 23.4 Å². The minimum atomic E-state index is -0.715. The summed E-state index contributed by atoms with van der Waals surface area (Å²) in [6, 6.07) is 4.95. The van der Waals surface area contributed by atoms with E-state index in [4.69, 9.17) is 11.6 Å². The normalized spacial score (nSPS) is 21.6. The third kappa shape index (κ3) is 5.21. The van der Waals surface area contributed by atoms with Crippen molar-refractivity contribution >= 4 is 46.0 Å². The van der Waals surface area contributed by atoms with Gasteiger partial charge < -0.3 is 14.7 Å². The number of carbonyl (C=O) groups is 1. The molecule has 0 spiro atoms. The summed E-state index contributed by atoms with van der Waals surface area (Å²) in [6.07, 6.45) is 1.31. The van der Waals surface area contributed by atoms with Crippen molar-refractivity contribution in [1.29, 1.82) is 0 Å². The highest BCUT2D eigenvalue weighted by Crippen LogP contribution is 2.48. The van der Waals surface area contributed by atoms with Crippen molar-refractivity contribution in [3.05, 3.63) is 64.1 Å². The number of benzene rings is 2. The third-order valence-corrected chi connectivity index (χ3v) is 10.1. The van der Waals surface area contributed by atoms with Gasteiger partial charge in [0.25, 0.3) is 0 Å². The van der Waals surface area contributed by atoms with E-state index in [0.29, 0.717) is 64.1 Å². The predicted octanol–water partition coefficient (Wildman–Crippen LogP) is 4.11. The molecule has 0 N–H and O–H groups in total. The summed E-state index contributed by atoms with van der Waals surface area (Å²) in [6.45, 7) is 11.4. The molecule has 1 unspecified atom stereocenters. The first-order valence-corrected chi connectivity index (χ1v) is 15.5. The van der Waals surface area contributed by atoms with Crippen LogP contribution in [-0.2, 0) is 4.79 Å². The molecule has 3 aliphatic heterocycles. The molecule has 8 nitrogen and oxygen atoms in total. The third-order valence-electron chi connectivity index (χ3n) is 8.53. The number of piperazine rings is 2. The zero-order chi connectivity index (χ0) is 29.7. The van der Waals surface area contributed by atoms with Crippen molar-refractivity contribution in [1.82, 2.24) is 24.3 Å². The lowest BCUT2D eigenvalue weighted by molar-refractivity contribution is -0.126. The van der Waals surface area contributed by atoms with Gasteiger partial charge in [-0.1, -0.05) is 18.2 Å². The van der Waals surface area contributed by atoms with Crippen molar-refractivity contribution in [3.8, 4) is 11.1 Å². The van der Waals surface area contributed by atoms with Gasteiger partial charge in [-0.05, 0) is 38.2 Å². The Balaban J connectivity index is 1.51. The van der Waals surface area contributed by atoms with Crippen LogP contribution in [0.25, 0.3) is 22.0 Å². The summed E-state index contributed by atoms with van der Waals surface area (Å²) >= 11 is 8.45. The Bertz CT molecular complexity index is 1630. The van der Waals surface area contributed by atoms with E-state index in [-0.39, 0.29) is 29.2 Å². The number of aromatic nitrogens is 2. The van der Waals surface area contributed by atoms with E-state index in [2.05, 4.69) is 28.4 Å². The highest BCUT2D eigenvalue weighted by molar-refractivity contribution is 7.99. The number of nitrogens with zero attached hydrogens (tertiary/aromatic N) is 6. The molecule has 2 fully saturated rings. The van der Waals surface area contributed by atoms with E-state index >= 15 is 4.39 Å². The van der Waals surface area contributed by atoms with Crippen LogP contribution in [0.4, 0.5) is 14.6 Å². The Morgan fingerprint density at radius 3 is 2.62 bits per heavy atom. The van der Waals surface area contributed by atoms with E-state index < -0.39 is 11.6 Å². The Hall–Kier alpha value is -2.99. The van der Waals surface area contributed by atoms with Crippen LogP contribution < -0.4 is 10.6 Å². The molecule has 4 heterocycles. The zero-order valence-corrected chi connectivity index (χ0v) is 25.2. The molecule has 0 bridgehead atoms. The van der Waals surface area contributed by atoms with Gasteiger partial charge in [0.1, 0.15) is 17.5 Å². The molecule has 6 rings (SSSR count). The molecule has 1 aromatic heterocycles. The molecule has 3 aromatic rings. The number of anilines is 1. The molecule has 222 valence electrons. The summed E-state index contributed by atoms with van der Waals surface area (Å²) < 4.78 is 30.8. The van der Waals surface area contributed by atoms with Gasteiger partial charge in [-0.2, -0.15) is 4.98 Å². The number of halogens is 3. The first-order chi connectivity index (χ1) is 20.2. The van der Waals surface area contributed by atoms with E-state index in [1.807, 2.05) is 11.8 Å². The van der Waals surface area contributed by atoms with Crippen molar-refractivity contribution in [2.45, 2.75) is 23.9 Å². The van der Waals surface area contributed by atoms with Crippen LogP contribution in [-0.4, -0.2) is 101 Å². The number of rotatable bonds is 5. The first kappa shape index (κ1) is 29.1. The van der Waals surface area contributed by atoms with Crippen molar-refractivity contribution < 1.29 is 13.6 Å². The maximum absolute atomic E-state index is 15.2. The van der Waals surface area contributed by atoms with Gasteiger partial charge in [0.15, 0.2) is 0 Å². The van der Waals surface area contributed by atoms with E-state index in [9.17, 15) is 14.0 Å². The maximum Gasteiger partial charge on any atom is 0.350 e. The van der Waals surface area contributed by atoms with E-state index in [1.165, 1.54) is 18.2 Å². The van der Waals surface area contributed by atoms with Gasteiger partial charge in [-0.15, -0.1) is 11.8 Å². The highest BCUT2D eigenvalue weighted by atomic mass is 35.5. The van der Waals surface area contributed by atoms with Gasteiger partial charge in [0.05, 0.1) is 16.6 Å². The standard InChI is InChI=1S/C30H33ClF2N6O2S/c1-4-25(40)37-11-12-38(18(2)15-37)29-22-14-23(31)26(21-6-5-19(32)13-24(21)33)28-27(22)39(30(41)34-29)20(17-42-28)16-36-9-7-35(3)8-10-36/h4-6,13-14,18,20H,1,7-12,15-17H2,2-3H3/t18-,20?/m0/s1. The largest absolute Gasteiger partial charge is 0.350 e. The molecular formula is C30H33ClF2N6O2S. The Morgan fingerprint density at radius 1 is 1.17 bits per heavy atom. The number of hydrogen-bond donors (Lipinski definition) is 0. The lowest BCUT2D eigenvalue weighted by Crippen LogP contribution is -2.54. The lowest BCUT2D eigenvalue weighted by atomic mass is 10.0. The van der Waals surface area contributed by atoms with Crippen LogP contribution in [0.3, 0.4) is 0 Å². The lowest BCUT2D eigenvalue weighted by Gasteiger charge is -2.41. The molecule has 3 aliphatic rings. The second-order valence-electron chi connectivity index (χ2n) is 11.3. The van der Waals surface area contributed by atoms with Crippen molar-refractivity contribution in [2.75, 3.05) is 70.1 Å². The van der Waals surface area contributed by atoms with Crippen molar-refractivity contribution in [3.63, 3.8) is 0 Å². The SMILES string of the molecule is C=CC(=O)N1CCN(c2nc(=O)n3c4c(c(-c5ccc(F)cc5F)c(Cl)cc24)SCC3CN2CCN(C)CC2)[C@@H](C)C1. The van der Waals surface area contributed by atoms with E-state index in [1.54, 1.807) is 27.3 Å². The smallest absolute Gasteiger partial charge is 0.350 e. The molecule has 0 saturated carbocycles. The zero-order valence-electron chi connectivity index (χ0n) is 23.7. The van der Waals surface area contributed by atoms with Gasteiger partial charge in [-0.25, -0.2) is 13.6 Å². The van der Waals surface area contributed by atoms with Gasteiger partial charge >= 0.3 is 5.69 Å². The van der Waals surface area contributed by atoms with E-state index in [0.717, 1.165) is 32.2 Å². The topological polar surface area (TPSA) is 64.9 Å². The Labute approximate surface area is 252 Å². The van der Waals surface area contributed by atoms with Gasteiger partial charge in [0, 0.05) is 91.6 Å². The first-order valence-electron chi connectivity index (χ1n) is 14.1. The minimum Gasteiger partial charge on any atom is -0.350 e. The van der Waals surface area contributed by atoms with Gasteiger partial charge in [-0.3, -0.25) is 14.3 Å².